The fourth-order valence-electron chi connectivity index (χ4n) is 3.61. The van der Waals surface area contributed by atoms with Crippen molar-refractivity contribution in [2.75, 3.05) is 0 Å². The van der Waals surface area contributed by atoms with E-state index in [4.69, 9.17) is 4.42 Å². The van der Waals surface area contributed by atoms with Gasteiger partial charge in [-0.1, -0.05) is 6.42 Å². The third-order valence-electron chi connectivity index (χ3n) is 5.56. The summed E-state index contributed by atoms with van der Waals surface area (Å²) in [6.07, 6.45) is 3.18. The maximum absolute atomic E-state index is 12.9. The first-order valence-corrected chi connectivity index (χ1v) is 8.86. The van der Waals surface area contributed by atoms with Crippen molar-refractivity contribution in [3.8, 4) is 0 Å². The van der Waals surface area contributed by atoms with Crippen molar-refractivity contribution in [1.82, 2.24) is 14.5 Å². The summed E-state index contributed by atoms with van der Waals surface area (Å²) in [6, 6.07) is 1.81. The lowest BCUT2D eigenvalue weighted by molar-refractivity contribution is 0.0744. The predicted molar refractivity (Wildman–Crippen MR) is 94.1 cm³/mol. The second-order valence-corrected chi connectivity index (χ2v) is 7.23. The Morgan fingerprint density at radius 1 is 1.23 bits per heavy atom. The van der Waals surface area contributed by atoms with Crippen LogP contribution in [0.5, 0.6) is 0 Å². The van der Waals surface area contributed by atoms with Crippen molar-refractivity contribution < 1.29 is 9.21 Å². The molecule has 0 atom stereocenters. The standard InChI is InChI=1S/C19H21N3O4/c1-10-7-15(12-5-4-6-12)26-19(25)16(10)18(24)22-8-13-14(9-22)20-11(2)21(3)17(13)23/h7,12H,4-6,8-9H2,1-3H3. The van der Waals surface area contributed by atoms with Crippen molar-refractivity contribution in [3.63, 3.8) is 0 Å². The van der Waals surface area contributed by atoms with Crippen LogP contribution in [0.2, 0.25) is 0 Å². The van der Waals surface area contributed by atoms with Crippen LogP contribution in [-0.4, -0.2) is 20.4 Å². The van der Waals surface area contributed by atoms with Crippen molar-refractivity contribution in [2.45, 2.75) is 52.1 Å². The zero-order chi connectivity index (χ0) is 18.6. The number of rotatable bonds is 2. The lowest BCUT2D eigenvalue weighted by atomic mass is 9.83. The molecule has 1 amide bonds. The zero-order valence-electron chi connectivity index (χ0n) is 15.2. The second kappa shape index (κ2) is 5.93. The first kappa shape index (κ1) is 16.8. The number of aryl methyl sites for hydroxylation is 2. The minimum Gasteiger partial charge on any atom is -0.427 e. The molecule has 3 heterocycles. The number of nitrogens with zero attached hydrogens (tertiary/aromatic N) is 3. The lowest BCUT2D eigenvalue weighted by Crippen LogP contribution is -2.32. The summed E-state index contributed by atoms with van der Waals surface area (Å²) in [5, 5.41) is 0. The highest BCUT2D eigenvalue weighted by Crippen LogP contribution is 2.36. The monoisotopic (exact) mass is 355 g/mol. The molecule has 2 aromatic rings. The molecule has 1 saturated carbocycles. The van der Waals surface area contributed by atoms with Gasteiger partial charge < -0.3 is 9.32 Å². The van der Waals surface area contributed by atoms with E-state index in [9.17, 15) is 14.4 Å². The molecule has 2 aliphatic rings. The maximum atomic E-state index is 12.9. The Balaban J connectivity index is 1.66. The second-order valence-electron chi connectivity index (χ2n) is 7.23. The van der Waals surface area contributed by atoms with Crippen molar-refractivity contribution in [1.29, 1.82) is 0 Å². The van der Waals surface area contributed by atoms with E-state index in [0.29, 0.717) is 28.4 Å². The van der Waals surface area contributed by atoms with E-state index in [1.807, 2.05) is 6.07 Å². The molecule has 0 bridgehead atoms. The number of fused-ring (bicyclic) bond motifs is 1. The Labute approximate surface area is 150 Å². The summed E-state index contributed by atoms with van der Waals surface area (Å²) in [5.74, 6) is 1.15. The summed E-state index contributed by atoms with van der Waals surface area (Å²) in [6.45, 7) is 3.91. The number of amides is 1. The number of hydrogen-bond acceptors (Lipinski definition) is 5. The molecule has 1 aliphatic carbocycles. The Kier molecular flexibility index (Phi) is 3.82. The van der Waals surface area contributed by atoms with Crippen LogP contribution < -0.4 is 11.2 Å². The van der Waals surface area contributed by atoms with Crippen LogP contribution in [0.1, 0.15) is 63.9 Å². The van der Waals surface area contributed by atoms with E-state index in [0.717, 1.165) is 19.3 Å². The van der Waals surface area contributed by atoms with Gasteiger partial charge in [0.05, 0.1) is 24.3 Å². The highest BCUT2D eigenvalue weighted by atomic mass is 16.4. The molecule has 0 spiro atoms. The van der Waals surface area contributed by atoms with Crippen LogP contribution in [0.3, 0.4) is 0 Å². The number of carbonyl (C=O) groups is 1. The molecule has 7 heteroatoms. The van der Waals surface area contributed by atoms with Crippen LogP contribution in [0.15, 0.2) is 20.1 Å². The topological polar surface area (TPSA) is 85.4 Å². The largest absolute Gasteiger partial charge is 0.427 e. The van der Waals surface area contributed by atoms with Crippen molar-refractivity contribution in [3.05, 3.63) is 60.8 Å². The lowest BCUT2D eigenvalue weighted by Gasteiger charge is -2.24. The molecule has 1 aliphatic heterocycles. The molecule has 0 N–H and O–H groups in total. The number of carbonyl (C=O) groups excluding carboxylic acids is 1. The molecule has 7 nitrogen and oxygen atoms in total. The Bertz CT molecular complexity index is 1030. The summed E-state index contributed by atoms with van der Waals surface area (Å²) in [4.78, 5) is 43.7. The number of hydrogen-bond donors (Lipinski definition) is 0. The fraction of sp³-hybridized carbons (Fsp3) is 0.474. The van der Waals surface area contributed by atoms with Gasteiger partial charge in [-0.15, -0.1) is 0 Å². The van der Waals surface area contributed by atoms with Gasteiger partial charge in [-0.2, -0.15) is 0 Å². The van der Waals surface area contributed by atoms with Gasteiger partial charge in [0.2, 0.25) is 0 Å². The van der Waals surface area contributed by atoms with Crippen LogP contribution >= 0.6 is 0 Å². The average Bonchev–Trinajstić information content (AvgIpc) is 2.94. The number of aromatic nitrogens is 2. The smallest absolute Gasteiger partial charge is 0.349 e. The zero-order valence-corrected chi connectivity index (χ0v) is 15.2. The van der Waals surface area contributed by atoms with E-state index < -0.39 is 11.5 Å². The minimum atomic E-state index is -0.593. The molecular weight excluding hydrogens is 334 g/mol. The van der Waals surface area contributed by atoms with Gasteiger partial charge in [-0.25, -0.2) is 9.78 Å². The first-order valence-electron chi connectivity index (χ1n) is 8.86. The van der Waals surface area contributed by atoms with Gasteiger partial charge in [0.25, 0.3) is 11.5 Å². The molecule has 4 rings (SSSR count). The van der Waals surface area contributed by atoms with E-state index in [-0.39, 0.29) is 30.1 Å². The molecule has 0 aromatic carbocycles. The van der Waals surface area contributed by atoms with E-state index >= 15 is 0 Å². The summed E-state index contributed by atoms with van der Waals surface area (Å²) < 4.78 is 6.90. The summed E-state index contributed by atoms with van der Waals surface area (Å²) in [7, 11) is 1.66. The molecule has 2 aromatic heterocycles. The minimum absolute atomic E-state index is 0.0504. The van der Waals surface area contributed by atoms with E-state index in [2.05, 4.69) is 4.98 Å². The third kappa shape index (κ3) is 2.50. The normalized spacial score (nSPS) is 16.5. The Morgan fingerprint density at radius 2 is 1.96 bits per heavy atom. The molecular formula is C19H21N3O4. The molecule has 0 unspecified atom stereocenters. The van der Waals surface area contributed by atoms with E-state index in [1.54, 1.807) is 20.9 Å². The average molecular weight is 355 g/mol. The SMILES string of the molecule is Cc1cc(C2CCC2)oc(=O)c1C(=O)N1Cc2nc(C)n(C)c(=O)c2C1. The Morgan fingerprint density at radius 3 is 2.58 bits per heavy atom. The van der Waals surface area contributed by atoms with Gasteiger partial charge >= 0.3 is 5.63 Å². The van der Waals surface area contributed by atoms with Crippen molar-refractivity contribution in [2.24, 2.45) is 7.05 Å². The molecule has 136 valence electrons. The van der Waals surface area contributed by atoms with Gasteiger partial charge in [0.1, 0.15) is 17.1 Å². The van der Waals surface area contributed by atoms with Gasteiger partial charge in [-0.05, 0) is 38.3 Å². The van der Waals surface area contributed by atoms with Crippen LogP contribution in [0, 0.1) is 13.8 Å². The Hall–Kier alpha value is -2.70. The maximum Gasteiger partial charge on any atom is 0.349 e. The van der Waals surface area contributed by atoms with Crippen LogP contribution in [0.25, 0.3) is 0 Å². The molecule has 26 heavy (non-hydrogen) atoms. The highest BCUT2D eigenvalue weighted by molar-refractivity contribution is 5.95. The third-order valence-corrected chi connectivity index (χ3v) is 5.56. The van der Waals surface area contributed by atoms with Crippen molar-refractivity contribution >= 4 is 5.91 Å². The van der Waals surface area contributed by atoms with Crippen LogP contribution in [0.4, 0.5) is 0 Å². The fourth-order valence-corrected chi connectivity index (χ4v) is 3.61. The molecule has 0 saturated heterocycles. The van der Waals surface area contributed by atoms with Crippen LogP contribution in [-0.2, 0) is 20.1 Å². The predicted octanol–water partition coefficient (Wildman–Crippen LogP) is 1.77. The molecule has 0 radical (unpaired) electrons. The first-order chi connectivity index (χ1) is 12.4. The van der Waals surface area contributed by atoms with Gasteiger partial charge in [0.15, 0.2) is 0 Å². The summed E-state index contributed by atoms with van der Waals surface area (Å²) in [5.41, 5.74) is 1.05. The van der Waals surface area contributed by atoms with Gasteiger partial charge in [0, 0.05) is 13.0 Å². The highest BCUT2D eigenvalue weighted by Gasteiger charge is 2.32. The molecule has 1 fully saturated rings. The van der Waals surface area contributed by atoms with E-state index in [1.165, 1.54) is 9.47 Å². The van der Waals surface area contributed by atoms with Gasteiger partial charge in [-0.3, -0.25) is 14.2 Å². The summed E-state index contributed by atoms with van der Waals surface area (Å²) >= 11 is 0. The quantitative estimate of drug-likeness (QED) is 0.820.